The van der Waals surface area contributed by atoms with Gasteiger partial charge in [-0.2, -0.15) is 0 Å². The van der Waals surface area contributed by atoms with Gasteiger partial charge in [0, 0.05) is 31.2 Å². The summed E-state index contributed by atoms with van der Waals surface area (Å²) in [5.74, 6) is 0.735. The molecule has 0 unspecified atom stereocenters. The molecule has 0 fully saturated rings. The molecule has 1 amide bonds. The molecule has 0 radical (unpaired) electrons. The zero-order valence-corrected chi connectivity index (χ0v) is 18.5. The number of carbonyl (C=O) groups is 1. The van der Waals surface area contributed by atoms with Crippen LogP contribution in [0, 0.1) is 0 Å². The molecule has 0 aliphatic carbocycles. The molecule has 1 N–H and O–H groups in total. The van der Waals surface area contributed by atoms with Crippen LogP contribution in [-0.2, 0) is 13.1 Å². The number of carbonyl (C=O) groups excluding carboxylic acids is 1. The van der Waals surface area contributed by atoms with Crippen molar-refractivity contribution in [2.24, 2.45) is 0 Å². The Labute approximate surface area is 196 Å². The third kappa shape index (κ3) is 4.47. The number of fused-ring (bicyclic) bond motifs is 1. The molecule has 2 aromatic carbocycles. The molecule has 0 atom stereocenters. The minimum Gasteiger partial charge on any atom is -0.373 e. The van der Waals surface area contributed by atoms with Crippen molar-refractivity contribution >= 4 is 22.6 Å². The Morgan fingerprint density at radius 3 is 2.62 bits per heavy atom. The molecular formula is C26H22N6O2. The summed E-state index contributed by atoms with van der Waals surface area (Å²) in [6, 6.07) is 21.5. The van der Waals surface area contributed by atoms with Crippen molar-refractivity contribution in [2.75, 3.05) is 12.4 Å². The van der Waals surface area contributed by atoms with Crippen LogP contribution >= 0.6 is 0 Å². The average molecular weight is 451 g/mol. The fourth-order valence-electron chi connectivity index (χ4n) is 3.87. The zero-order valence-electron chi connectivity index (χ0n) is 18.5. The quantitative estimate of drug-likeness (QED) is 0.388. The number of rotatable bonds is 7. The van der Waals surface area contributed by atoms with E-state index in [9.17, 15) is 4.79 Å². The van der Waals surface area contributed by atoms with Gasteiger partial charge in [0.25, 0.3) is 5.91 Å². The monoisotopic (exact) mass is 450 g/mol. The maximum absolute atomic E-state index is 13.1. The van der Waals surface area contributed by atoms with Crippen molar-refractivity contribution in [3.05, 3.63) is 102 Å². The highest BCUT2D eigenvalue weighted by molar-refractivity contribution is 5.92. The van der Waals surface area contributed by atoms with Crippen LogP contribution in [0.3, 0.4) is 0 Å². The van der Waals surface area contributed by atoms with Crippen LogP contribution in [-0.4, -0.2) is 38.0 Å². The van der Waals surface area contributed by atoms with Crippen LogP contribution in [0.15, 0.2) is 90.0 Å². The summed E-state index contributed by atoms with van der Waals surface area (Å²) in [7, 11) is 1.84. The maximum Gasteiger partial charge on any atom is 0.293 e. The van der Waals surface area contributed by atoms with Crippen molar-refractivity contribution in [3.8, 4) is 11.1 Å². The van der Waals surface area contributed by atoms with Gasteiger partial charge in [-0.25, -0.2) is 9.97 Å². The van der Waals surface area contributed by atoms with E-state index in [2.05, 4.69) is 43.6 Å². The normalized spacial score (nSPS) is 10.9. The molecule has 0 saturated heterocycles. The zero-order chi connectivity index (χ0) is 23.3. The number of hydrogen-bond acceptors (Lipinski definition) is 7. The Morgan fingerprint density at radius 2 is 1.82 bits per heavy atom. The van der Waals surface area contributed by atoms with E-state index in [0.29, 0.717) is 13.1 Å². The van der Waals surface area contributed by atoms with Gasteiger partial charge in [-0.05, 0) is 47.0 Å². The van der Waals surface area contributed by atoms with Crippen LogP contribution in [0.2, 0.25) is 0 Å². The number of nitrogens with one attached hydrogen (secondary N) is 1. The van der Waals surface area contributed by atoms with Gasteiger partial charge in [0.2, 0.25) is 5.76 Å². The van der Waals surface area contributed by atoms with E-state index in [1.54, 1.807) is 23.5 Å². The molecule has 5 aromatic rings. The predicted octanol–water partition coefficient (Wildman–Crippen LogP) is 4.56. The largest absolute Gasteiger partial charge is 0.373 e. The fraction of sp³-hybridized carbons (Fsp3) is 0.115. The van der Waals surface area contributed by atoms with E-state index in [1.807, 2.05) is 49.5 Å². The second-order valence-electron chi connectivity index (χ2n) is 7.76. The SMILES string of the molecule is CNc1ncnc2ccc(-c3cccc(CN(Cc4ccccn4)C(=O)c4ccno4)c3)cc12. The van der Waals surface area contributed by atoms with Crippen molar-refractivity contribution in [1.29, 1.82) is 0 Å². The molecule has 0 aliphatic heterocycles. The summed E-state index contributed by atoms with van der Waals surface area (Å²) in [6.45, 7) is 0.742. The Bertz CT molecular complexity index is 1420. The van der Waals surface area contributed by atoms with Crippen molar-refractivity contribution in [2.45, 2.75) is 13.1 Å². The molecule has 0 saturated carbocycles. The average Bonchev–Trinajstić information content (AvgIpc) is 3.43. The highest BCUT2D eigenvalue weighted by atomic mass is 16.5. The fourth-order valence-corrected chi connectivity index (χ4v) is 3.87. The van der Waals surface area contributed by atoms with Gasteiger partial charge in [-0.1, -0.05) is 35.5 Å². The van der Waals surface area contributed by atoms with Crippen molar-refractivity contribution in [1.82, 2.24) is 25.0 Å². The molecule has 5 rings (SSSR count). The standard InChI is InChI=1S/C26H22N6O2/c1-27-25-22-14-20(8-9-23(22)29-17-30-25)19-6-4-5-18(13-19)15-32(16-21-7-2-3-11-28-21)26(33)24-10-12-31-34-24/h2-14,17H,15-16H2,1H3,(H,27,29,30). The number of pyridine rings is 1. The summed E-state index contributed by atoms with van der Waals surface area (Å²) in [5.41, 5.74) is 4.73. The summed E-state index contributed by atoms with van der Waals surface area (Å²) in [4.78, 5) is 27.9. The molecule has 0 spiro atoms. The molecule has 3 aromatic heterocycles. The molecule has 8 nitrogen and oxygen atoms in total. The van der Waals surface area contributed by atoms with Crippen LogP contribution in [0.25, 0.3) is 22.0 Å². The van der Waals surface area contributed by atoms with Crippen molar-refractivity contribution < 1.29 is 9.32 Å². The van der Waals surface area contributed by atoms with Crippen LogP contribution in [0.4, 0.5) is 5.82 Å². The third-order valence-electron chi connectivity index (χ3n) is 5.52. The summed E-state index contributed by atoms with van der Waals surface area (Å²) < 4.78 is 5.13. The van der Waals surface area contributed by atoms with Gasteiger partial charge in [-0.15, -0.1) is 0 Å². The second-order valence-corrected chi connectivity index (χ2v) is 7.76. The van der Waals surface area contributed by atoms with Gasteiger partial charge in [0.05, 0.1) is 24.0 Å². The molecule has 0 bridgehead atoms. The van der Waals surface area contributed by atoms with E-state index in [4.69, 9.17) is 4.52 Å². The Hall–Kier alpha value is -4.59. The first kappa shape index (κ1) is 21.3. The number of benzene rings is 2. The first-order valence-corrected chi connectivity index (χ1v) is 10.8. The number of nitrogens with zero attached hydrogens (tertiary/aromatic N) is 5. The van der Waals surface area contributed by atoms with Crippen molar-refractivity contribution in [3.63, 3.8) is 0 Å². The number of aromatic nitrogens is 4. The molecule has 3 heterocycles. The lowest BCUT2D eigenvalue weighted by atomic mass is 10.0. The second kappa shape index (κ2) is 9.50. The topological polar surface area (TPSA) is 97.0 Å². The lowest BCUT2D eigenvalue weighted by Gasteiger charge is -2.21. The van der Waals surface area contributed by atoms with E-state index in [0.717, 1.165) is 39.1 Å². The number of amides is 1. The first-order chi connectivity index (χ1) is 16.7. The first-order valence-electron chi connectivity index (χ1n) is 10.8. The highest BCUT2D eigenvalue weighted by Crippen LogP contribution is 2.28. The number of hydrogen-bond donors (Lipinski definition) is 1. The lowest BCUT2D eigenvalue weighted by molar-refractivity contribution is 0.0685. The number of anilines is 1. The Kier molecular flexibility index (Phi) is 5.94. The molecule has 168 valence electrons. The van der Waals surface area contributed by atoms with E-state index >= 15 is 0 Å². The van der Waals surface area contributed by atoms with Gasteiger partial charge >= 0.3 is 0 Å². The molecule has 8 heteroatoms. The minimum absolute atomic E-state index is 0.196. The highest BCUT2D eigenvalue weighted by Gasteiger charge is 2.20. The molecule has 34 heavy (non-hydrogen) atoms. The third-order valence-corrected chi connectivity index (χ3v) is 5.52. The van der Waals surface area contributed by atoms with Gasteiger partial charge < -0.3 is 14.7 Å². The summed E-state index contributed by atoms with van der Waals surface area (Å²) >= 11 is 0. The minimum atomic E-state index is -0.241. The Morgan fingerprint density at radius 1 is 0.912 bits per heavy atom. The lowest BCUT2D eigenvalue weighted by Crippen LogP contribution is -2.30. The predicted molar refractivity (Wildman–Crippen MR) is 129 cm³/mol. The maximum atomic E-state index is 13.1. The van der Waals surface area contributed by atoms with Gasteiger partial charge in [0.15, 0.2) is 0 Å². The van der Waals surface area contributed by atoms with Crippen LogP contribution < -0.4 is 5.32 Å². The Balaban J connectivity index is 1.46. The van der Waals surface area contributed by atoms with Gasteiger partial charge in [-0.3, -0.25) is 9.78 Å². The summed E-state index contributed by atoms with van der Waals surface area (Å²) in [5, 5.41) is 7.75. The van der Waals surface area contributed by atoms with E-state index in [1.165, 1.54) is 6.20 Å². The molecule has 0 aliphatic rings. The van der Waals surface area contributed by atoms with Crippen LogP contribution in [0.1, 0.15) is 21.8 Å². The van der Waals surface area contributed by atoms with E-state index in [-0.39, 0.29) is 11.7 Å². The van der Waals surface area contributed by atoms with Crippen LogP contribution in [0.5, 0.6) is 0 Å². The molecular weight excluding hydrogens is 428 g/mol. The summed E-state index contributed by atoms with van der Waals surface area (Å²) in [6.07, 6.45) is 4.74. The van der Waals surface area contributed by atoms with Gasteiger partial charge in [0.1, 0.15) is 12.1 Å². The van der Waals surface area contributed by atoms with E-state index < -0.39 is 0 Å². The smallest absolute Gasteiger partial charge is 0.293 e.